The summed E-state index contributed by atoms with van der Waals surface area (Å²) in [4.78, 5) is 15.0. The van der Waals surface area contributed by atoms with Crippen LogP contribution in [0.3, 0.4) is 0 Å². The lowest BCUT2D eigenvalue weighted by Crippen LogP contribution is -2.14. The number of aromatic nitrogens is 2. The van der Waals surface area contributed by atoms with Gasteiger partial charge in [0.25, 0.3) is 0 Å². The molecule has 0 aliphatic carbocycles. The molecule has 0 radical (unpaired) electrons. The lowest BCUT2D eigenvalue weighted by molar-refractivity contribution is 1.12. The molecule has 11 rings (SSSR count). The fourth-order valence-corrected chi connectivity index (χ4v) is 8.42. The first kappa shape index (κ1) is 35.1. The Bertz CT molecular complexity index is 3030. The maximum absolute atomic E-state index is 5.28. The van der Waals surface area contributed by atoms with Crippen molar-refractivity contribution in [3.63, 3.8) is 0 Å². The normalized spacial score (nSPS) is 12.5. The summed E-state index contributed by atoms with van der Waals surface area (Å²) < 4.78 is 0. The molecule has 0 bridgehead atoms. The maximum Gasteiger partial charge on any atom is 0.162 e. The van der Waals surface area contributed by atoms with Gasteiger partial charge in [0.05, 0.1) is 28.4 Å². The first-order valence-corrected chi connectivity index (χ1v) is 20.3. The van der Waals surface area contributed by atoms with Crippen molar-refractivity contribution in [1.82, 2.24) is 9.97 Å². The van der Waals surface area contributed by atoms with Crippen LogP contribution in [-0.2, 0) is 0 Å². The molecular formula is C56H38N4. The zero-order valence-electron chi connectivity index (χ0n) is 32.7. The molecule has 2 aliphatic heterocycles. The fourth-order valence-electron chi connectivity index (χ4n) is 8.42. The molecule has 9 aromatic rings. The van der Waals surface area contributed by atoms with Gasteiger partial charge >= 0.3 is 0 Å². The minimum absolute atomic E-state index is 0.681. The van der Waals surface area contributed by atoms with Crippen LogP contribution in [0.5, 0.6) is 0 Å². The Morgan fingerprint density at radius 3 is 1.30 bits per heavy atom. The molecule has 60 heavy (non-hydrogen) atoms. The number of para-hydroxylation sites is 2. The van der Waals surface area contributed by atoms with E-state index in [1.165, 1.54) is 16.7 Å². The average Bonchev–Trinajstić information content (AvgIpc) is 3.60. The SMILES string of the molecule is C1=Cc2cc(-c3ccc4c(c3)C=Cc3ccccc3N4c3cc(-c4ccccc4)nc(-c4ccccc4)n3)ccc2N(c2ccccc2)c2ccc(-c3ccccc3)cc21. The number of fused-ring (bicyclic) bond motifs is 4. The van der Waals surface area contributed by atoms with E-state index in [1.807, 2.05) is 24.3 Å². The Labute approximate surface area is 350 Å². The molecule has 4 heteroatoms. The lowest BCUT2D eigenvalue weighted by Gasteiger charge is -2.28. The van der Waals surface area contributed by atoms with E-state index in [0.717, 1.165) is 78.9 Å². The summed E-state index contributed by atoms with van der Waals surface area (Å²) in [5.74, 6) is 1.49. The van der Waals surface area contributed by atoms with E-state index in [-0.39, 0.29) is 0 Å². The quantitative estimate of drug-likeness (QED) is 0.169. The molecule has 0 saturated carbocycles. The Morgan fingerprint density at radius 1 is 0.283 bits per heavy atom. The summed E-state index contributed by atoms with van der Waals surface area (Å²) in [6.45, 7) is 0. The van der Waals surface area contributed by atoms with Crippen molar-refractivity contribution in [2.45, 2.75) is 0 Å². The molecule has 4 nitrogen and oxygen atoms in total. The molecule has 0 amide bonds. The van der Waals surface area contributed by atoms with Gasteiger partial charge in [0, 0.05) is 22.9 Å². The van der Waals surface area contributed by atoms with Crippen molar-refractivity contribution >= 4 is 58.6 Å². The predicted molar refractivity (Wildman–Crippen MR) is 251 cm³/mol. The average molecular weight is 767 g/mol. The van der Waals surface area contributed by atoms with E-state index < -0.39 is 0 Å². The van der Waals surface area contributed by atoms with Crippen LogP contribution in [0, 0.1) is 0 Å². The molecule has 1 aromatic heterocycles. The van der Waals surface area contributed by atoms with Gasteiger partial charge in [-0.2, -0.15) is 0 Å². The molecule has 0 unspecified atom stereocenters. The minimum Gasteiger partial charge on any atom is -0.309 e. The van der Waals surface area contributed by atoms with E-state index in [9.17, 15) is 0 Å². The highest BCUT2D eigenvalue weighted by atomic mass is 15.2. The van der Waals surface area contributed by atoms with Crippen molar-refractivity contribution in [1.29, 1.82) is 0 Å². The van der Waals surface area contributed by atoms with Gasteiger partial charge in [0.15, 0.2) is 5.82 Å². The standard InChI is InChI=1S/C56H38N4/c1-5-15-39(16-6-1)43-29-32-52-46(35-43)27-28-47-36-44(30-33-53(47)59(52)49-22-11-4-12-23-49)45-31-34-54-48(37-45)26-25-41-19-13-14-24-51(41)60(54)55-38-50(40-17-7-2-8-18-40)57-56(58-55)42-20-9-3-10-21-42/h1-38H. The van der Waals surface area contributed by atoms with Gasteiger partial charge in [-0.15, -0.1) is 0 Å². The Morgan fingerprint density at radius 2 is 0.717 bits per heavy atom. The van der Waals surface area contributed by atoms with Crippen LogP contribution in [-0.4, -0.2) is 9.97 Å². The van der Waals surface area contributed by atoms with Gasteiger partial charge in [0.2, 0.25) is 0 Å². The molecule has 0 N–H and O–H groups in total. The monoisotopic (exact) mass is 766 g/mol. The Hall–Kier alpha value is -8.08. The third-order valence-corrected chi connectivity index (χ3v) is 11.4. The first-order chi connectivity index (χ1) is 29.7. The fraction of sp³-hybridized carbons (Fsp3) is 0. The number of hydrogen-bond acceptors (Lipinski definition) is 4. The predicted octanol–water partition coefficient (Wildman–Crippen LogP) is 15.1. The molecule has 8 aromatic carbocycles. The molecule has 0 fully saturated rings. The lowest BCUT2D eigenvalue weighted by atomic mass is 9.98. The summed E-state index contributed by atoms with van der Waals surface area (Å²) in [6.07, 6.45) is 8.97. The smallest absolute Gasteiger partial charge is 0.162 e. The molecule has 0 saturated heterocycles. The summed E-state index contributed by atoms with van der Waals surface area (Å²) >= 11 is 0. The van der Waals surface area contributed by atoms with Crippen LogP contribution in [0.4, 0.5) is 34.3 Å². The van der Waals surface area contributed by atoms with Crippen LogP contribution in [0.1, 0.15) is 22.3 Å². The van der Waals surface area contributed by atoms with Crippen molar-refractivity contribution in [2.75, 3.05) is 9.80 Å². The summed E-state index contributed by atoms with van der Waals surface area (Å²) in [5, 5.41) is 0. The highest BCUT2D eigenvalue weighted by Gasteiger charge is 2.25. The second kappa shape index (κ2) is 15.0. The molecule has 0 atom stereocenters. The van der Waals surface area contributed by atoms with Crippen molar-refractivity contribution in [2.24, 2.45) is 0 Å². The van der Waals surface area contributed by atoms with Crippen molar-refractivity contribution < 1.29 is 0 Å². The number of nitrogens with zero attached hydrogens (tertiary/aromatic N) is 4. The van der Waals surface area contributed by atoms with Crippen molar-refractivity contribution in [3.8, 4) is 44.9 Å². The van der Waals surface area contributed by atoms with Gasteiger partial charge in [-0.1, -0.05) is 170 Å². The zero-order chi connectivity index (χ0) is 39.8. The molecule has 3 heterocycles. The third kappa shape index (κ3) is 6.47. The topological polar surface area (TPSA) is 32.3 Å². The van der Waals surface area contributed by atoms with Crippen LogP contribution in [0.25, 0.3) is 69.2 Å². The molecule has 0 spiro atoms. The number of benzene rings is 8. The summed E-state index contributed by atoms with van der Waals surface area (Å²) in [5.41, 5.74) is 17.6. The van der Waals surface area contributed by atoms with Crippen molar-refractivity contribution in [3.05, 3.63) is 229 Å². The van der Waals surface area contributed by atoms with Gasteiger partial charge in [-0.3, -0.25) is 4.90 Å². The Kier molecular flexibility index (Phi) is 8.79. The zero-order valence-corrected chi connectivity index (χ0v) is 32.7. The highest BCUT2D eigenvalue weighted by Crippen LogP contribution is 2.46. The van der Waals surface area contributed by atoms with Gasteiger partial charge < -0.3 is 4.90 Å². The minimum atomic E-state index is 0.681. The van der Waals surface area contributed by atoms with E-state index in [1.54, 1.807) is 0 Å². The van der Waals surface area contributed by atoms with Crippen LogP contribution in [0.15, 0.2) is 206 Å². The molecule has 2 aliphatic rings. The van der Waals surface area contributed by atoms with Crippen LogP contribution >= 0.6 is 0 Å². The van der Waals surface area contributed by atoms with Gasteiger partial charge in [-0.05, 0) is 99.1 Å². The van der Waals surface area contributed by atoms with E-state index in [0.29, 0.717) is 5.82 Å². The number of hydrogen-bond donors (Lipinski definition) is 0. The maximum atomic E-state index is 5.28. The second-order valence-corrected chi connectivity index (χ2v) is 15.1. The first-order valence-electron chi connectivity index (χ1n) is 20.3. The molecule has 282 valence electrons. The van der Waals surface area contributed by atoms with Gasteiger partial charge in [0.1, 0.15) is 5.82 Å². The van der Waals surface area contributed by atoms with E-state index in [2.05, 4.69) is 216 Å². The Balaban J connectivity index is 1.03. The number of rotatable bonds is 6. The summed E-state index contributed by atoms with van der Waals surface area (Å²) in [6, 6.07) is 72.9. The van der Waals surface area contributed by atoms with E-state index in [4.69, 9.17) is 9.97 Å². The van der Waals surface area contributed by atoms with E-state index >= 15 is 0 Å². The second-order valence-electron chi connectivity index (χ2n) is 15.1. The third-order valence-electron chi connectivity index (χ3n) is 11.4. The summed E-state index contributed by atoms with van der Waals surface area (Å²) in [7, 11) is 0. The van der Waals surface area contributed by atoms with Crippen LogP contribution in [0.2, 0.25) is 0 Å². The highest BCUT2D eigenvalue weighted by molar-refractivity contribution is 5.97. The molecular weight excluding hydrogens is 729 g/mol. The van der Waals surface area contributed by atoms with Gasteiger partial charge in [-0.25, -0.2) is 9.97 Å². The number of anilines is 6. The largest absolute Gasteiger partial charge is 0.309 e. The van der Waals surface area contributed by atoms with Crippen LogP contribution < -0.4 is 9.80 Å².